The zero-order valence-corrected chi connectivity index (χ0v) is 11.2. The summed E-state index contributed by atoms with van der Waals surface area (Å²) >= 11 is -2.77. The Morgan fingerprint density at radius 1 is 1.57 bits per heavy atom. The fourth-order valence-corrected chi connectivity index (χ4v) is 1.48. The second-order valence-electron chi connectivity index (χ2n) is 1.86. The number of rotatable bonds is 5. The quantitative estimate of drug-likeness (QED) is 0.278. The van der Waals surface area contributed by atoms with Gasteiger partial charge in [0.05, 0.1) is 18.0 Å². The fraction of sp³-hybridized carbons (Fsp3) is 0.750. The monoisotopic (exact) mass is 255 g/mol. The Labute approximate surface area is 108 Å². The van der Waals surface area contributed by atoms with E-state index in [0.29, 0.717) is 0 Å². The fourth-order valence-electron chi connectivity index (χ4n) is 0.425. The molecule has 0 aliphatic rings. The third kappa shape index (κ3) is 10.6. The summed E-state index contributed by atoms with van der Waals surface area (Å²) in [6.07, 6.45) is 0. The van der Waals surface area contributed by atoms with Crippen LogP contribution in [0.1, 0.15) is 8.35 Å². The SMILES string of the molecule is CC(=O)OS(=O)(=O)CCOS(=O)[O-].[H-].[Na+]. The summed E-state index contributed by atoms with van der Waals surface area (Å²) in [7, 11) is -4.02. The molecule has 0 amide bonds. The summed E-state index contributed by atoms with van der Waals surface area (Å²) in [6, 6.07) is 0. The van der Waals surface area contributed by atoms with Gasteiger partial charge < -0.3 is 10.2 Å². The Bertz CT molecular complexity index is 302. The van der Waals surface area contributed by atoms with Crippen LogP contribution in [-0.4, -0.2) is 35.5 Å². The predicted octanol–water partition coefficient (Wildman–Crippen LogP) is -4.19. The van der Waals surface area contributed by atoms with Crippen molar-refractivity contribution in [1.29, 1.82) is 0 Å². The molecule has 1 unspecified atom stereocenters. The zero-order valence-electron chi connectivity index (χ0n) is 8.59. The molecule has 0 aromatic heterocycles. The molecule has 80 valence electrons. The summed E-state index contributed by atoms with van der Waals surface area (Å²) in [4.78, 5) is 10.2. The summed E-state index contributed by atoms with van der Waals surface area (Å²) in [5.41, 5.74) is 0. The molecule has 0 N–H and O–H groups in total. The van der Waals surface area contributed by atoms with Crippen LogP contribution < -0.4 is 29.6 Å². The van der Waals surface area contributed by atoms with Gasteiger partial charge in [-0.3, -0.25) is 8.98 Å². The van der Waals surface area contributed by atoms with Gasteiger partial charge in [0.1, 0.15) is 5.75 Å². The molecule has 0 spiro atoms. The van der Waals surface area contributed by atoms with Crippen LogP contribution >= 0.6 is 0 Å². The molecule has 0 aliphatic heterocycles. The molecule has 0 saturated heterocycles. The number of carbonyl (C=O) groups excluding carboxylic acids is 1. The molecule has 10 heteroatoms. The van der Waals surface area contributed by atoms with Gasteiger partial charge in [0.15, 0.2) is 0 Å². The molecule has 0 aliphatic carbocycles. The van der Waals surface area contributed by atoms with E-state index in [-0.39, 0.29) is 31.0 Å². The van der Waals surface area contributed by atoms with E-state index < -0.39 is 39.8 Å². The molecule has 7 nitrogen and oxygen atoms in total. The van der Waals surface area contributed by atoms with E-state index in [4.69, 9.17) is 0 Å². The largest absolute Gasteiger partial charge is 1.00 e. The van der Waals surface area contributed by atoms with Crippen LogP contribution in [0.25, 0.3) is 0 Å². The first-order valence-electron chi connectivity index (χ1n) is 2.99. The van der Waals surface area contributed by atoms with Gasteiger partial charge in [-0.25, -0.2) is 4.21 Å². The van der Waals surface area contributed by atoms with Crippen molar-refractivity contribution in [3.8, 4) is 0 Å². The van der Waals surface area contributed by atoms with Crippen LogP contribution in [-0.2, 0) is 34.6 Å². The summed E-state index contributed by atoms with van der Waals surface area (Å²) in [5, 5.41) is 0. The molecule has 0 radical (unpaired) electrons. The van der Waals surface area contributed by atoms with Crippen LogP contribution in [0.4, 0.5) is 0 Å². The molecule has 0 fully saturated rings. The minimum absolute atomic E-state index is 0. The van der Waals surface area contributed by atoms with E-state index in [0.717, 1.165) is 6.92 Å². The van der Waals surface area contributed by atoms with Crippen molar-refractivity contribution in [2.24, 2.45) is 0 Å². The van der Waals surface area contributed by atoms with E-state index in [2.05, 4.69) is 8.37 Å². The minimum Gasteiger partial charge on any atom is -1.00 e. The molecule has 1 atom stereocenters. The standard InChI is InChI=1S/C4H8O7S2.Na.H/c1-4(5)11-13(8,9)3-2-10-12(6)7;;/h2-3H2,1H3,(H,6,7);;/q;+1;-1/p-1. The van der Waals surface area contributed by atoms with Crippen molar-refractivity contribution < 1.29 is 61.3 Å². The van der Waals surface area contributed by atoms with Crippen LogP contribution in [0, 0.1) is 0 Å². The van der Waals surface area contributed by atoms with Crippen LogP contribution in [0.5, 0.6) is 0 Å². The van der Waals surface area contributed by atoms with Crippen molar-refractivity contribution in [3.05, 3.63) is 0 Å². The maximum Gasteiger partial charge on any atom is 1.00 e. The average Bonchev–Trinajstić information content (AvgIpc) is 1.81. The van der Waals surface area contributed by atoms with E-state index in [1.807, 2.05) is 0 Å². The predicted molar refractivity (Wildman–Crippen MR) is 41.5 cm³/mol. The maximum atomic E-state index is 10.7. The Balaban J connectivity index is -0.000000720. The van der Waals surface area contributed by atoms with Gasteiger partial charge in [0.25, 0.3) is 0 Å². The van der Waals surface area contributed by atoms with Gasteiger partial charge in [-0.1, -0.05) is 0 Å². The van der Waals surface area contributed by atoms with Gasteiger partial charge in [-0.15, -0.1) is 0 Å². The second kappa shape index (κ2) is 7.74. The molecular weight excluding hydrogens is 247 g/mol. The molecule has 0 bridgehead atoms. The number of carbonyl (C=O) groups is 1. The smallest absolute Gasteiger partial charge is 1.00 e. The Morgan fingerprint density at radius 2 is 2.07 bits per heavy atom. The van der Waals surface area contributed by atoms with Crippen LogP contribution in [0.2, 0.25) is 0 Å². The van der Waals surface area contributed by atoms with Crippen LogP contribution in [0.15, 0.2) is 0 Å². The Kier molecular flexibility index (Phi) is 9.34. The van der Waals surface area contributed by atoms with E-state index in [9.17, 15) is 22.0 Å². The third-order valence-corrected chi connectivity index (χ3v) is 2.27. The zero-order chi connectivity index (χ0) is 10.5. The summed E-state index contributed by atoms with van der Waals surface area (Å²) in [6.45, 7) is 0.343. The molecule has 0 saturated carbocycles. The normalized spacial score (nSPS) is 12.7. The Hall–Kier alpha value is 0.490. The third-order valence-electron chi connectivity index (χ3n) is 0.757. The van der Waals surface area contributed by atoms with Gasteiger partial charge >= 0.3 is 45.6 Å². The molecule has 0 rings (SSSR count). The maximum absolute atomic E-state index is 10.7. The topological polar surface area (TPSA) is 110 Å². The van der Waals surface area contributed by atoms with Crippen molar-refractivity contribution in [2.75, 3.05) is 12.4 Å². The molecule has 0 aromatic rings. The molecule has 0 heterocycles. The Morgan fingerprint density at radius 3 is 2.43 bits per heavy atom. The van der Waals surface area contributed by atoms with Gasteiger partial charge in [-0.05, 0) is 0 Å². The summed E-state index contributed by atoms with van der Waals surface area (Å²) in [5.74, 6) is -1.68. The number of hydrogen-bond acceptors (Lipinski definition) is 7. The van der Waals surface area contributed by atoms with Crippen molar-refractivity contribution in [2.45, 2.75) is 6.92 Å². The first-order valence-corrected chi connectivity index (χ1v) is 5.56. The van der Waals surface area contributed by atoms with E-state index in [1.165, 1.54) is 0 Å². The minimum atomic E-state index is -4.02. The van der Waals surface area contributed by atoms with Gasteiger partial charge in [0.2, 0.25) is 0 Å². The van der Waals surface area contributed by atoms with Gasteiger partial charge in [-0.2, -0.15) is 8.42 Å². The first kappa shape index (κ1) is 16.9. The summed E-state index contributed by atoms with van der Waals surface area (Å²) < 4.78 is 48.7. The average molecular weight is 255 g/mol. The number of hydrogen-bond donors (Lipinski definition) is 0. The van der Waals surface area contributed by atoms with E-state index >= 15 is 0 Å². The van der Waals surface area contributed by atoms with E-state index in [1.54, 1.807) is 0 Å². The van der Waals surface area contributed by atoms with Crippen molar-refractivity contribution >= 4 is 27.4 Å². The molecule has 0 aromatic carbocycles. The first-order chi connectivity index (χ1) is 5.83. The van der Waals surface area contributed by atoms with Crippen molar-refractivity contribution in [3.63, 3.8) is 0 Å². The van der Waals surface area contributed by atoms with Crippen LogP contribution in [0.3, 0.4) is 0 Å². The molecular formula is C4H8NaO7S2-. The van der Waals surface area contributed by atoms with Crippen molar-refractivity contribution in [1.82, 2.24) is 0 Å². The second-order valence-corrected chi connectivity index (χ2v) is 4.20. The van der Waals surface area contributed by atoms with Gasteiger partial charge in [0, 0.05) is 6.92 Å². The molecule has 14 heavy (non-hydrogen) atoms.